The number of nitrogens with two attached hydrogens (primary N) is 1. The number of nitrogens with zero attached hydrogens (tertiary/aromatic N) is 1. The number of hydrogen-bond donors (Lipinski definition) is 3. The number of fused-ring (bicyclic) bond motifs is 1. The van der Waals surface area contributed by atoms with E-state index in [2.05, 4.69) is 14.7 Å². The highest BCUT2D eigenvalue weighted by Crippen LogP contribution is 2.24. The number of hydrogen-bond acceptors (Lipinski definition) is 4. The van der Waals surface area contributed by atoms with Crippen molar-refractivity contribution in [3.63, 3.8) is 0 Å². The van der Waals surface area contributed by atoms with E-state index in [1.807, 2.05) is 0 Å². The lowest BCUT2D eigenvalue weighted by Crippen LogP contribution is -2.12. The lowest BCUT2D eigenvalue weighted by molar-refractivity contribution is 0.602. The third-order valence-electron chi connectivity index (χ3n) is 2.95. The second-order valence-electron chi connectivity index (χ2n) is 4.39. The Hall–Kier alpha value is -2.61. The molecule has 0 aliphatic carbocycles. The van der Waals surface area contributed by atoms with Gasteiger partial charge in [-0.2, -0.15) is 0 Å². The van der Waals surface area contributed by atoms with Gasteiger partial charge < -0.3 is 10.7 Å². The second kappa shape index (κ2) is 4.74. The molecule has 21 heavy (non-hydrogen) atoms. The lowest BCUT2D eigenvalue weighted by Gasteiger charge is -2.08. The molecule has 1 aromatic carbocycles. The first kappa shape index (κ1) is 13.4. The molecule has 0 aliphatic heterocycles. The molecular formula is C13H11FN4O2S. The summed E-state index contributed by atoms with van der Waals surface area (Å²) < 4.78 is 40.2. The van der Waals surface area contributed by atoms with E-state index in [4.69, 9.17) is 5.73 Å². The van der Waals surface area contributed by atoms with Crippen molar-refractivity contribution in [3.05, 3.63) is 48.5 Å². The molecule has 3 aromatic rings. The number of aromatic nitrogens is 2. The van der Waals surface area contributed by atoms with Crippen molar-refractivity contribution in [1.29, 1.82) is 0 Å². The van der Waals surface area contributed by atoms with Crippen molar-refractivity contribution in [2.75, 3.05) is 10.5 Å². The number of anilines is 2. The fourth-order valence-electron chi connectivity index (χ4n) is 1.97. The SMILES string of the molecule is Nc1cc(NS(=O)(=O)c2c[nH]c3ncccc23)ccc1F. The van der Waals surface area contributed by atoms with E-state index in [0.29, 0.717) is 11.0 Å². The van der Waals surface area contributed by atoms with E-state index in [-0.39, 0.29) is 16.3 Å². The van der Waals surface area contributed by atoms with Crippen molar-refractivity contribution in [2.24, 2.45) is 0 Å². The molecular weight excluding hydrogens is 295 g/mol. The molecule has 0 saturated heterocycles. The fraction of sp³-hybridized carbons (Fsp3) is 0. The standard InChI is InChI=1S/C13H11FN4O2S/c14-10-4-3-8(6-11(10)15)18-21(19,20)12-7-17-13-9(12)2-1-5-16-13/h1-7,18H,15H2,(H,16,17). The molecule has 0 atom stereocenters. The van der Waals surface area contributed by atoms with Crippen molar-refractivity contribution in [1.82, 2.24) is 9.97 Å². The third kappa shape index (κ3) is 2.40. The number of aromatic amines is 1. The molecule has 0 amide bonds. The van der Waals surface area contributed by atoms with Gasteiger partial charge in [0, 0.05) is 17.8 Å². The minimum atomic E-state index is -3.83. The summed E-state index contributed by atoms with van der Waals surface area (Å²) in [6, 6.07) is 6.91. The molecule has 0 spiro atoms. The van der Waals surface area contributed by atoms with Crippen molar-refractivity contribution in [3.8, 4) is 0 Å². The molecule has 2 aromatic heterocycles. The summed E-state index contributed by atoms with van der Waals surface area (Å²) in [4.78, 5) is 6.88. The summed E-state index contributed by atoms with van der Waals surface area (Å²) in [5.74, 6) is -0.603. The normalized spacial score (nSPS) is 11.7. The number of benzene rings is 1. The molecule has 0 aliphatic rings. The Morgan fingerprint density at radius 1 is 1.29 bits per heavy atom. The highest BCUT2D eigenvalue weighted by Gasteiger charge is 2.19. The summed E-state index contributed by atoms with van der Waals surface area (Å²) in [6.45, 7) is 0. The van der Waals surface area contributed by atoms with E-state index in [1.54, 1.807) is 18.3 Å². The summed E-state index contributed by atoms with van der Waals surface area (Å²) >= 11 is 0. The maximum atomic E-state index is 13.1. The zero-order valence-electron chi connectivity index (χ0n) is 10.7. The molecule has 108 valence electrons. The zero-order valence-corrected chi connectivity index (χ0v) is 11.5. The molecule has 6 nitrogen and oxygen atoms in total. The first-order valence-corrected chi connectivity index (χ1v) is 7.45. The summed E-state index contributed by atoms with van der Waals surface area (Å²) in [5.41, 5.74) is 5.95. The van der Waals surface area contributed by atoms with Crippen molar-refractivity contribution < 1.29 is 12.8 Å². The van der Waals surface area contributed by atoms with Crippen LogP contribution in [-0.2, 0) is 10.0 Å². The Morgan fingerprint density at radius 2 is 2.10 bits per heavy atom. The van der Waals surface area contributed by atoms with E-state index in [1.165, 1.54) is 18.3 Å². The number of H-pyrrole nitrogens is 1. The molecule has 0 bridgehead atoms. The Morgan fingerprint density at radius 3 is 2.86 bits per heavy atom. The van der Waals surface area contributed by atoms with Gasteiger partial charge in [-0.05, 0) is 30.3 Å². The number of nitrogens with one attached hydrogen (secondary N) is 2. The molecule has 4 N–H and O–H groups in total. The Kier molecular flexibility index (Phi) is 3.02. The van der Waals surface area contributed by atoms with Crippen LogP contribution in [0.4, 0.5) is 15.8 Å². The monoisotopic (exact) mass is 306 g/mol. The maximum Gasteiger partial charge on any atom is 0.264 e. The van der Waals surface area contributed by atoms with Crippen LogP contribution >= 0.6 is 0 Å². The van der Waals surface area contributed by atoms with E-state index >= 15 is 0 Å². The van der Waals surface area contributed by atoms with Crippen LogP contribution in [0.2, 0.25) is 0 Å². The fourth-order valence-corrected chi connectivity index (χ4v) is 3.19. The summed E-state index contributed by atoms with van der Waals surface area (Å²) in [6.07, 6.45) is 2.91. The first-order valence-electron chi connectivity index (χ1n) is 5.97. The molecule has 0 fully saturated rings. The average Bonchev–Trinajstić information content (AvgIpc) is 2.87. The van der Waals surface area contributed by atoms with E-state index in [0.717, 1.165) is 6.07 Å². The van der Waals surface area contributed by atoms with E-state index in [9.17, 15) is 12.8 Å². The van der Waals surface area contributed by atoms with Gasteiger partial charge in [-0.1, -0.05) is 0 Å². The van der Waals surface area contributed by atoms with Gasteiger partial charge in [0.1, 0.15) is 16.4 Å². The predicted molar refractivity (Wildman–Crippen MR) is 77.7 cm³/mol. The topological polar surface area (TPSA) is 101 Å². The van der Waals surface area contributed by atoms with Gasteiger partial charge in [-0.25, -0.2) is 17.8 Å². The third-order valence-corrected chi connectivity index (χ3v) is 4.37. The number of rotatable bonds is 3. The highest BCUT2D eigenvalue weighted by molar-refractivity contribution is 7.93. The minimum Gasteiger partial charge on any atom is -0.396 e. The number of pyridine rings is 1. The number of halogens is 1. The van der Waals surface area contributed by atoms with Gasteiger partial charge in [-0.15, -0.1) is 0 Å². The van der Waals surface area contributed by atoms with Gasteiger partial charge in [-0.3, -0.25) is 4.72 Å². The average molecular weight is 306 g/mol. The van der Waals surface area contributed by atoms with E-state index < -0.39 is 15.8 Å². The first-order chi connectivity index (χ1) is 9.97. The number of sulfonamides is 1. The van der Waals surface area contributed by atoms with Gasteiger partial charge in [0.05, 0.1) is 11.4 Å². The van der Waals surface area contributed by atoms with Crippen molar-refractivity contribution >= 4 is 32.4 Å². The second-order valence-corrected chi connectivity index (χ2v) is 6.05. The summed E-state index contributed by atoms with van der Waals surface area (Å²) in [7, 11) is -3.83. The molecule has 3 rings (SSSR count). The molecule has 0 radical (unpaired) electrons. The Bertz CT molecular complexity index is 921. The van der Waals surface area contributed by atoms with Crippen LogP contribution < -0.4 is 10.5 Å². The van der Waals surface area contributed by atoms with Crippen LogP contribution in [0.25, 0.3) is 11.0 Å². The maximum absolute atomic E-state index is 13.1. The highest BCUT2D eigenvalue weighted by atomic mass is 32.2. The van der Waals surface area contributed by atoms with Gasteiger partial charge in [0.25, 0.3) is 10.0 Å². The Labute approximate surface area is 119 Å². The Balaban J connectivity index is 2.02. The van der Waals surface area contributed by atoms with Crippen molar-refractivity contribution in [2.45, 2.75) is 4.90 Å². The van der Waals surface area contributed by atoms with Crippen LogP contribution in [0.5, 0.6) is 0 Å². The van der Waals surface area contributed by atoms with Crippen LogP contribution in [0.15, 0.2) is 47.6 Å². The molecule has 0 unspecified atom stereocenters. The molecule has 0 saturated carbocycles. The largest absolute Gasteiger partial charge is 0.396 e. The zero-order chi connectivity index (χ0) is 15.0. The van der Waals surface area contributed by atoms with Crippen LogP contribution in [0.1, 0.15) is 0 Å². The van der Waals surface area contributed by atoms with Crippen LogP contribution in [-0.4, -0.2) is 18.4 Å². The molecule has 8 heteroatoms. The van der Waals surface area contributed by atoms with Crippen LogP contribution in [0.3, 0.4) is 0 Å². The molecule has 2 heterocycles. The smallest absolute Gasteiger partial charge is 0.264 e. The van der Waals surface area contributed by atoms with Gasteiger partial charge in [0.2, 0.25) is 0 Å². The minimum absolute atomic E-state index is 0.0634. The lowest BCUT2D eigenvalue weighted by atomic mass is 10.3. The van der Waals surface area contributed by atoms with Gasteiger partial charge >= 0.3 is 0 Å². The quantitative estimate of drug-likeness (QED) is 0.645. The van der Waals surface area contributed by atoms with Gasteiger partial charge in [0.15, 0.2) is 0 Å². The number of nitrogen functional groups attached to an aromatic ring is 1. The summed E-state index contributed by atoms with van der Waals surface area (Å²) in [5, 5.41) is 0.472. The predicted octanol–water partition coefficient (Wildman–Crippen LogP) is 2.08. The van der Waals surface area contributed by atoms with Crippen LogP contribution in [0, 0.1) is 5.82 Å².